The van der Waals surface area contributed by atoms with Gasteiger partial charge in [-0.05, 0) is 25.5 Å². The molecule has 0 saturated carbocycles. The average Bonchev–Trinajstić information content (AvgIpc) is 2.54. The second kappa shape index (κ2) is 7.53. The minimum absolute atomic E-state index is 0.181. The van der Waals surface area contributed by atoms with Crippen LogP contribution < -0.4 is 14.8 Å². The van der Waals surface area contributed by atoms with Gasteiger partial charge in [0, 0.05) is 11.6 Å². The molecule has 1 aromatic carbocycles. The van der Waals surface area contributed by atoms with Crippen molar-refractivity contribution in [3.63, 3.8) is 0 Å². The fourth-order valence-corrected chi connectivity index (χ4v) is 2.25. The highest BCUT2D eigenvalue weighted by atomic mass is 16.5. The largest absolute Gasteiger partial charge is 0.496 e. The summed E-state index contributed by atoms with van der Waals surface area (Å²) in [7, 11) is 1.70. The van der Waals surface area contributed by atoms with Crippen LogP contribution >= 0.6 is 0 Å². The maximum Gasteiger partial charge on any atom is 0.213 e. The van der Waals surface area contributed by atoms with Gasteiger partial charge in [0.25, 0.3) is 0 Å². The fraction of sp³-hybridized carbons (Fsp3) is 0.353. The van der Waals surface area contributed by atoms with Crippen molar-refractivity contribution in [3.8, 4) is 11.6 Å². The van der Waals surface area contributed by atoms with E-state index in [1.165, 1.54) is 0 Å². The maximum atomic E-state index is 5.44. The van der Waals surface area contributed by atoms with Crippen LogP contribution in [0.15, 0.2) is 42.6 Å². The molecule has 1 N–H and O–H groups in total. The molecular weight excluding hydrogens is 264 g/mol. The molecule has 1 aromatic heterocycles. The highest BCUT2D eigenvalue weighted by Gasteiger charge is 2.13. The number of hydrogen-bond donors (Lipinski definition) is 1. The van der Waals surface area contributed by atoms with Gasteiger partial charge in [0.2, 0.25) is 5.88 Å². The van der Waals surface area contributed by atoms with Crippen LogP contribution in [0.1, 0.15) is 31.9 Å². The third-order valence-electron chi connectivity index (χ3n) is 3.29. The second-order valence-electron chi connectivity index (χ2n) is 4.67. The minimum atomic E-state index is 0.181. The summed E-state index contributed by atoms with van der Waals surface area (Å²) in [5, 5.41) is 3.49. The molecule has 0 spiro atoms. The van der Waals surface area contributed by atoms with E-state index >= 15 is 0 Å². The van der Waals surface area contributed by atoms with Gasteiger partial charge in [-0.15, -0.1) is 0 Å². The number of nitrogens with one attached hydrogen (secondary N) is 1. The first-order chi connectivity index (χ1) is 10.3. The van der Waals surface area contributed by atoms with Crippen molar-refractivity contribution >= 4 is 5.69 Å². The van der Waals surface area contributed by atoms with Crippen molar-refractivity contribution < 1.29 is 9.47 Å². The summed E-state index contributed by atoms with van der Waals surface area (Å²) >= 11 is 0. The Labute approximate surface area is 126 Å². The van der Waals surface area contributed by atoms with Gasteiger partial charge < -0.3 is 14.8 Å². The van der Waals surface area contributed by atoms with E-state index in [1.54, 1.807) is 13.3 Å². The van der Waals surface area contributed by atoms with Crippen LogP contribution in [0.2, 0.25) is 0 Å². The molecule has 2 aromatic rings. The Kier molecular flexibility index (Phi) is 5.43. The molecular formula is C17H22N2O2. The number of methoxy groups -OCH3 is 1. The van der Waals surface area contributed by atoms with Gasteiger partial charge in [0.05, 0.1) is 31.6 Å². The standard InChI is InChI=1S/C17H22N2O2/c1-4-15(14-8-6-7-9-16(14)20-3)19-13-10-11-17(18-12-13)21-5-2/h6-12,15,19H,4-5H2,1-3H3. The highest BCUT2D eigenvalue weighted by molar-refractivity contribution is 5.47. The molecule has 4 nitrogen and oxygen atoms in total. The summed E-state index contributed by atoms with van der Waals surface area (Å²) < 4.78 is 10.8. The summed E-state index contributed by atoms with van der Waals surface area (Å²) in [6.45, 7) is 4.72. The summed E-state index contributed by atoms with van der Waals surface area (Å²) in [6.07, 6.45) is 2.75. The number of rotatable bonds is 7. The third kappa shape index (κ3) is 3.88. The first-order valence-electron chi connectivity index (χ1n) is 7.26. The zero-order chi connectivity index (χ0) is 15.1. The molecule has 0 saturated heterocycles. The molecule has 0 aliphatic heterocycles. The van der Waals surface area contributed by atoms with Crippen molar-refractivity contribution in [1.82, 2.24) is 4.98 Å². The molecule has 0 amide bonds. The Morgan fingerprint density at radius 3 is 2.57 bits per heavy atom. The lowest BCUT2D eigenvalue weighted by atomic mass is 10.0. The van der Waals surface area contributed by atoms with E-state index in [9.17, 15) is 0 Å². The van der Waals surface area contributed by atoms with Gasteiger partial charge >= 0.3 is 0 Å². The van der Waals surface area contributed by atoms with Crippen LogP contribution in [0, 0.1) is 0 Å². The van der Waals surface area contributed by atoms with Crippen molar-refractivity contribution in [2.45, 2.75) is 26.3 Å². The van der Waals surface area contributed by atoms with Gasteiger partial charge in [0.1, 0.15) is 5.75 Å². The van der Waals surface area contributed by atoms with E-state index in [0.717, 1.165) is 23.4 Å². The van der Waals surface area contributed by atoms with Crippen LogP contribution in [-0.4, -0.2) is 18.7 Å². The van der Waals surface area contributed by atoms with Crippen molar-refractivity contribution in [2.75, 3.05) is 19.0 Å². The van der Waals surface area contributed by atoms with Gasteiger partial charge in [-0.25, -0.2) is 4.98 Å². The molecule has 112 valence electrons. The predicted octanol–water partition coefficient (Wildman–Crippen LogP) is 4.05. The number of benzene rings is 1. The lowest BCUT2D eigenvalue weighted by Gasteiger charge is -2.21. The normalized spacial score (nSPS) is 11.8. The molecule has 0 aliphatic rings. The van der Waals surface area contributed by atoms with Gasteiger partial charge in [0.15, 0.2) is 0 Å². The smallest absolute Gasteiger partial charge is 0.213 e. The number of anilines is 1. The van der Waals surface area contributed by atoms with E-state index in [2.05, 4.69) is 23.3 Å². The Morgan fingerprint density at radius 2 is 1.95 bits per heavy atom. The van der Waals surface area contributed by atoms with Gasteiger partial charge in [-0.1, -0.05) is 25.1 Å². The zero-order valence-corrected chi connectivity index (χ0v) is 12.8. The third-order valence-corrected chi connectivity index (χ3v) is 3.29. The lowest BCUT2D eigenvalue weighted by Crippen LogP contribution is -2.11. The summed E-state index contributed by atoms with van der Waals surface area (Å²) in [5.74, 6) is 1.55. The van der Waals surface area contributed by atoms with E-state index in [0.29, 0.717) is 12.5 Å². The highest BCUT2D eigenvalue weighted by Crippen LogP contribution is 2.29. The average molecular weight is 286 g/mol. The van der Waals surface area contributed by atoms with Gasteiger partial charge in [-0.2, -0.15) is 0 Å². The lowest BCUT2D eigenvalue weighted by molar-refractivity contribution is 0.327. The topological polar surface area (TPSA) is 43.4 Å². The summed E-state index contributed by atoms with van der Waals surface area (Å²) in [5.41, 5.74) is 2.12. The molecule has 0 radical (unpaired) electrons. The molecule has 4 heteroatoms. The number of aromatic nitrogens is 1. The second-order valence-corrected chi connectivity index (χ2v) is 4.67. The van der Waals surface area contributed by atoms with Crippen LogP contribution in [0.5, 0.6) is 11.6 Å². The monoisotopic (exact) mass is 286 g/mol. The molecule has 1 unspecified atom stereocenters. The molecule has 1 heterocycles. The summed E-state index contributed by atoms with van der Waals surface area (Å²) in [4.78, 5) is 4.28. The first kappa shape index (κ1) is 15.2. The van der Waals surface area contributed by atoms with Crippen molar-refractivity contribution in [1.29, 1.82) is 0 Å². The molecule has 0 aliphatic carbocycles. The molecule has 2 rings (SSSR count). The molecule has 0 bridgehead atoms. The minimum Gasteiger partial charge on any atom is -0.496 e. The SMILES string of the molecule is CCOc1ccc(NC(CC)c2ccccc2OC)cn1. The van der Waals surface area contributed by atoms with Crippen molar-refractivity contribution in [3.05, 3.63) is 48.2 Å². The van der Waals surface area contributed by atoms with E-state index in [-0.39, 0.29) is 6.04 Å². The quantitative estimate of drug-likeness (QED) is 0.834. The van der Waals surface area contributed by atoms with Crippen LogP contribution in [-0.2, 0) is 0 Å². The number of hydrogen-bond acceptors (Lipinski definition) is 4. The zero-order valence-electron chi connectivity index (χ0n) is 12.8. The number of nitrogens with zero attached hydrogens (tertiary/aromatic N) is 1. The summed E-state index contributed by atoms with van der Waals surface area (Å²) in [6, 6.07) is 12.1. The van der Waals surface area contributed by atoms with Crippen LogP contribution in [0.25, 0.3) is 0 Å². The number of para-hydroxylation sites is 1. The Balaban J connectivity index is 2.15. The maximum absolute atomic E-state index is 5.44. The fourth-order valence-electron chi connectivity index (χ4n) is 2.25. The predicted molar refractivity (Wildman–Crippen MR) is 85.1 cm³/mol. The van der Waals surface area contributed by atoms with Crippen molar-refractivity contribution in [2.24, 2.45) is 0 Å². The molecule has 21 heavy (non-hydrogen) atoms. The van der Waals surface area contributed by atoms with Gasteiger partial charge in [-0.3, -0.25) is 0 Å². The van der Waals surface area contributed by atoms with Crippen LogP contribution in [0.4, 0.5) is 5.69 Å². The van der Waals surface area contributed by atoms with E-state index in [1.807, 2.05) is 37.3 Å². The Bertz CT molecular complexity index is 555. The number of ether oxygens (including phenoxy) is 2. The van der Waals surface area contributed by atoms with E-state index < -0.39 is 0 Å². The Hall–Kier alpha value is -2.23. The van der Waals surface area contributed by atoms with Crippen LogP contribution in [0.3, 0.4) is 0 Å². The number of pyridine rings is 1. The molecule has 1 atom stereocenters. The van der Waals surface area contributed by atoms with E-state index in [4.69, 9.17) is 9.47 Å². The molecule has 0 fully saturated rings. The first-order valence-corrected chi connectivity index (χ1v) is 7.26. The Morgan fingerprint density at radius 1 is 1.14 bits per heavy atom.